The van der Waals surface area contributed by atoms with Crippen molar-refractivity contribution in [3.8, 4) is 0 Å². The molecule has 3 aromatic rings. The maximum atomic E-state index is 14.0. The average molecular weight is 464 g/mol. The Morgan fingerprint density at radius 1 is 1.18 bits per heavy atom. The van der Waals surface area contributed by atoms with E-state index in [9.17, 15) is 27.2 Å². The normalized spacial score (nSPS) is 16.3. The Balaban J connectivity index is 1.84. The Morgan fingerprint density at radius 2 is 1.85 bits per heavy atom. The summed E-state index contributed by atoms with van der Waals surface area (Å²) in [7, 11) is 1.41. The number of hydrogen-bond donors (Lipinski definition) is 1. The number of nitrogens with one attached hydrogen (secondary N) is 1. The van der Waals surface area contributed by atoms with Gasteiger partial charge in [-0.1, -0.05) is 18.2 Å². The summed E-state index contributed by atoms with van der Waals surface area (Å²) < 4.78 is 57.4. The summed E-state index contributed by atoms with van der Waals surface area (Å²) in [5.74, 6) is -2.84. The van der Waals surface area contributed by atoms with Gasteiger partial charge in [0.05, 0.1) is 11.4 Å². The second-order valence-electron chi connectivity index (χ2n) is 8.76. The average Bonchev–Trinajstić information content (AvgIpc) is 3.52. The molecule has 0 spiro atoms. The summed E-state index contributed by atoms with van der Waals surface area (Å²) in [4.78, 5) is 25.2. The van der Waals surface area contributed by atoms with Crippen molar-refractivity contribution in [1.29, 1.82) is 0 Å². The van der Waals surface area contributed by atoms with Crippen LogP contribution in [0.15, 0.2) is 40.1 Å². The molecule has 1 N–H and O–H groups in total. The summed E-state index contributed by atoms with van der Waals surface area (Å²) in [6, 6.07) is 5.16. The molecule has 1 fully saturated rings. The van der Waals surface area contributed by atoms with Crippen molar-refractivity contribution in [3.63, 3.8) is 0 Å². The molecule has 2 aromatic heterocycles. The molecule has 0 amide bonds. The molecule has 6 nitrogen and oxygen atoms in total. The molecule has 1 atom stereocenters. The molecule has 1 aliphatic carbocycles. The molecule has 2 heterocycles. The first-order valence-electron chi connectivity index (χ1n) is 10.5. The summed E-state index contributed by atoms with van der Waals surface area (Å²) in [5.41, 5.74) is -1.90. The first kappa shape index (κ1) is 23.0. The molecule has 4 rings (SSSR count). The van der Waals surface area contributed by atoms with E-state index < -0.39 is 35.0 Å². The summed E-state index contributed by atoms with van der Waals surface area (Å²) >= 11 is 0. The monoisotopic (exact) mass is 464 g/mol. The maximum absolute atomic E-state index is 14.0. The largest absolute Gasteiger partial charge is 0.362 e. The molecule has 1 saturated carbocycles. The zero-order valence-electron chi connectivity index (χ0n) is 18.6. The van der Waals surface area contributed by atoms with Gasteiger partial charge in [-0.15, -0.1) is 0 Å². The van der Waals surface area contributed by atoms with Crippen LogP contribution in [0.4, 0.5) is 23.4 Å². The van der Waals surface area contributed by atoms with Gasteiger partial charge < -0.3 is 9.88 Å². The highest BCUT2D eigenvalue weighted by molar-refractivity contribution is 5.90. The lowest BCUT2D eigenvalue weighted by Gasteiger charge is -2.23. The number of rotatable bonds is 6. The van der Waals surface area contributed by atoms with E-state index >= 15 is 0 Å². The van der Waals surface area contributed by atoms with Gasteiger partial charge in [-0.2, -0.15) is 5.10 Å². The van der Waals surface area contributed by atoms with Crippen molar-refractivity contribution in [2.75, 3.05) is 5.32 Å². The predicted octanol–water partition coefficient (Wildman–Crippen LogP) is 4.44. The van der Waals surface area contributed by atoms with E-state index in [0.717, 1.165) is 22.2 Å². The molecule has 1 aliphatic rings. The lowest BCUT2D eigenvalue weighted by Crippen LogP contribution is -2.36. The van der Waals surface area contributed by atoms with Gasteiger partial charge in [-0.25, -0.2) is 22.2 Å². The number of nitrogens with zero attached hydrogens (tertiary/aromatic N) is 3. The predicted molar refractivity (Wildman–Crippen MR) is 117 cm³/mol. The molecule has 33 heavy (non-hydrogen) atoms. The maximum Gasteiger partial charge on any atom is 0.274 e. The van der Waals surface area contributed by atoms with Crippen LogP contribution in [-0.2, 0) is 18.5 Å². The van der Waals surface area contributed by atoms with Crippen LogP contribution in [0.1, 0.15) is 49.4 Å². The second-order valence-corrected chi connectivity index (χ2v) is 8.76. The van der Waals surface area contributed by atoms with Crippen LogP contribution in [0.2, 0.25) is 0 Å². The fourth-order valence-electron chi connectivity index (χ4n) is 4.35. The van der Waals surface area contributed by atoms with Gasteiger partial charge in [0.15, 0.2) is 5.82 Å². The van der Waals surface area contributed by atoms with Crippen LogP contribution in [0.5, 0.6) is 0 Å². The first-order valence-corrected chi connectivity index (χ1v) is 10.5. The quantitative estimate of drug-likeness (QED) is 0.548. The molecular formula is C23H24F4N4O2. The minimum atomic E-state index is -3.02. The van der Waals surface area contributed by atoms with E-state index in [-0.39, 0.29) is 35.0 Å². The number of pyridine rings is 1. The smallest absolute Gasteiger partial charge is 0.274 e. The molecule has 0 saturated heterocycles. The summed E-state index contributed by atoms with van der Waals surface area (Å²) in [6.07, 6.45) is -1.16. The molecule has 0 radical (unpaired) electrons. The fraction of sp³-hybridized carbons (Fsp3) is 0.435. The van der Waals surface area contributed by atoms with Gasteiger partial charge in [0, 0.05) is 37.2 Å². The number of benzene rings is 1. The van der Waals surface area contributed by atoms with Gasteiger partial charge in [0.1, 0.15) is 5.54 Å². The lowest BCUT2D eigenvalue weighted by molar-refractivity contribution is 0.0167. The fourth-order valence-corrected chi connectivity index (χ4v) is 4.35. The minimum Gasteiger partial charge on any atom is -0.362 e. The molecule has 0 aliphatic heterocycles. The Hall–Kier alpha value is -3.17. The zero-order chi connectivity index (χ0) is 24.3. The van der Waals surface area contributed by atoms with Crippen LogP contribution in [0.3, 0.4) is 0 Å². The Bertz CT molecular complexity index is 1350. The van der Waals surface area contributed by atoms with E-state index in [1.54, 1.807) is 19.9 Å². The zero-order valence-corrected chi connectivity index (χ0v) is 18.6. The van der Waals surface area contributed by atoms with Crippen molar-refractivity contribution in [1.82, 2.24) is 14.3 Å². The van der Waals surface area contributed by atoms with Crippen molar-refractivity contribution >= 4 is 16.6 Å². The molecular weight excluding hydrogens is 440 g/mol. The van der Waals surface area contributed by atoms with E-state index in [1.807, 2.05) is 0 Å². The first-order chi connectivity index (χ1) is 15.4. The third-order valence-corrected chi connectivity index (χ3v) is 6.40. The van der Waals surface area contributed by atoms with Crippen molar-refractivity contribution in [2.24, 2.45) is 7.05 Å². The number of alkyl halides is 4. The van der Waals surface area contributed by atoms with Gasteiger partial charge in [0.25, 0.3) is 23.5 Å². The molecule has 0 unspecified atom stereocenters. The number of hydrogen-bond acceptors (Lipinski definition) is 4. The van der Waals surface area contributed by atoms with E-state index in [2.05, 4.69) is 10.4 Å². The van der Waals surface area contributed by atoms with Crippen LogP contribution in [-0.4, -0.2) is 20.8 Å². The highest BCUT2D eigenvalue weighted by Crippen LogP contribution is 2.48. The SMILES string of the molecule is Cc1c([C@@H](C)Nc2nn(C)c(=O)c3cc(=O)n(C4(C(F)F)CC4)cc23)cccc1C(C)(F)F. The number of aryl methyl sites for hydroxylation is 1. The van der Waals surface area contributed by atoms with Crippen molar-refractivity contribution in [3.05, 3.63) is 67.9 Å². The van der Waals surface area contributed by atoms with Crippen molar-refractivity contribution in [2.45, 2.75) is 57.5 Å². The molecule has 1 aromatic carbocycles. The standard InChI is InChI=1S/C23H24F4N4O2/c1-12-14(6-5-7-17(12)22(3,26)27)13(2)28-19-16-11-31(23(8-9-23)21(24)25)18(32)10-15(16)20(33)30(4)29-19/h5-7,10-11,13,21H,8-9H2,1-4H3,(H,28,29)/t13-/m1/s1. The van der Waals surface area contributed by atoms with Crippen LogP contribution >= 0.6 is 0 Å². The third-order valence-electron chi connectivity index (χ3n) is 6.40. The highest BCUT2D eigenvalue weighted by atomic mass is 19.3. The molecule has 176 valence electrons. The van der Waals surface area contributed by atoms with Gasteiger partial charge in [-0.3, -0.25) is 9.59 Å². The summed E-state index contributed by atoms with van der Waals surface area (Å²) in [5, 5.41) is 7.60. The Labute approximate surface area is 186 Å². The van der Waals surface area contributed by atoms with Crippen molar-refractivity contribution < 1.29 is 17.6 Å². The number of halogens is 4. The topological polar surface area (TPSA) is 68.9 Å². The van der Waals surface area contributed by atoms with Gasteiger partial charge in [-0.05, 0) is 37.8 Å². The minimum absolute atomic E-state index is 0.0408. The van der Waals surface area contributed by atoms with Crippen LogP contribution < -0.4 is 16.4 Å². The second kappa shape index (κ2) is 7.71. The van der Waals surface area contributed by atoms with Gasteiger partial charge in [0.2, 0.25) is 0 Å². The van der Waals surface area contributed by atoms with E-state index in [4.69, 9.17) is 0 Å². The number of anilines is 1. The Morgan fingerprint density at radius 3 is 2.42 bits per heavy atom. The summed E-state index contributed by atoms with van der Waals surface area (Å²) in [6.45, 7) is 4.18. The van der Waals surface area contributed by atoms with E-state index in [1.165, 1.54) is 25.4 Å². The van der Waals surface area contributed by atoms with E-state index in [0.29, 0.717) is 11.1 Å². The highest BCUT2D eigenvalue weighted by Gasteiger charge is 2.53. The lowest BCUT2D eigenvalue weighted by atomic mass is 9.94. The third kappa shape index (κ3) is 3.81. The molecule has 10 heteroatoms. The Kier molecular flexibility index (Phi) is 5.37. The number of fused-ring (bicyclic) bond motifs is 1. The molecule has 0 bridgehead atoms. The van der Waals surface area contributed by atoms with Crippen LogP contribution in [0.25, 0.3) is 10.8 Å². The number of aromatic nitrogens is 3. The van der Waals surface area contributed by atoms with Crippen LogP contribution in [0, 0.1) is 6.92 Å². The van der Waals surface area contributed by atoms with Gasteiger partial charge >= 0.3 is 0 Å².